The molecule has 6 nitrogen and oxygen atoms in total. The molecule has 0 atom stereocenters. The molecule has 2 fully saturated rings. The second-order valence-electron chi connectivity index (χ2n) is 39.0. The number of halogens is 4. The van der Waals surface area contributed by atoms with Gasteiger partial charge in [0.05, 0.1) is 27.8 Å². The summed E-state index contributed by atoms with van der Waals surface area (Å²) in [5, 5.41) is 0. The molecule has 2 aliphatic heterocycles. The van der Waals surface area contributed by atoms with Crippen molar-refractivity contribution in [3.8, 4) is 22.3 Å². The highest BCUT2D eigenvalue weighted by Crippen LogP contribution is 2.60. The molecule has 0 spiro atoms. The number of unbranched alkanes of at least 4 members (excludes halogenated alkanes) is 16. The van der Waals surface area contributed by atoms with Crippen molar-refractivity contribution in [1.82, 2.24) is 0 Å². The summed E-state index contributed by atoms with van der Waals surface area (Å²) in [6.07, 6.45) is 34.5. The first-order chi connectivity index (χ1) is 60.7. The van der Waals surface area contributed by atoms with E-state index in [-0.39, 0.29) is 47.5 Å². The van der Waals surface area contributed by atoms with Crippen LogP contribution in [-0.2, 0) is 68.0 Å². The Morgan fingerprint density at radius 2 is 0.579 bits per heavy atom. The van der Waals surface area contributed by atoms with Crippen molar-refractivity contribution in [2.24, 2.45) is 0 Å². The third kappa shape index (κ3) is 19.9. The van der Waals surface area contributed by atoms with Crippen molar-refractivity contribution >= 4 is 123 Å². The lowest BCUT2D eigenvalue weighted by Crippen LogP contribution is -2.43. The topological polar surface area (TPSA) is 43.4 Å². The summed E-state index contributed by atoms with van der Waals surface area (Å²) in [4.78, 5) is 4.90. The number of hydrogen-bond donors (Lipinski definition) is 0. The molecule has 658 valence electrons. The largest absolute Gasteiger partial charge is 0.495 e. The van der Waals surface area contributed by atoms with Gasteiger partial charge in [-0.3, -0.25) is 0 Å². The number of anilines is 6. The first-order valence-corrected chi connectivity index (χ1v) is 51.1. The van der Waals surface area contributed by atoms with Gasteiger partial charge in [0.1, 0.15) is 0 Å². The zero-order valence-electron chi connectivity index (χ0n) is 77.8. The lowest BCUT2D eigenvalue weighted by molar-refractivity contribution is 0.00578. The van der Waals surface area contributed by atoms with Gasteiger partial charge < -0.3 is 28.4 Å². The summed E-state index contributed by atoms with van der Waals surface area (Å²) >= 11 is 15.0. The number of nitrogens with zero attached hydrogens (tertiary/aromatic N) is 2. The third-order valence-electron chi connectivity index (χ3n) is 29.2. The zero-order valence-corrected chi connectivity index (χ0v) is 84.1. The van der Waals surface area contributed by atoms with Crippen LogP contribution in [0, 0.1) is 13.8 Å². The van der Waals surface area contributed by atoms with E-state index < -0.39 is 0 Å². The van der Waals surface area contributed by atoms with Crippen LogP contribution in [0.2, 0.25) is 0 Å². The minimum Gasteiger partial charge on any atom is -0.399 e. The molecule has 0 aromatic heterocycles. The number of rotatable bonds is 34. The second-order valence-corrected chi connectivity index (χ2v) is 42.7. The van der Waals surface area contributed by atoms with E-state index in [2.05, 4.69) is 389 Å². The summed E-state index contributed by atoms with van der Waals surface area (Å²) in [6.45, 7) is 30.6. The van der Waals surface area contributed by atoms with Gasteiger partial charge in [-0.2, -0.15) is 0 Å². The second kappa shape index (κ2) is 40.7. The molecule has 126 heavy (non-hydrogen) atoms. The summed E-state index contributed by atoms with van der Waals surface area (Å²) < 4.78 is 30.7. The lowest BCUT2D eigenvalue weighted by atomic mass is 9.65. The highest BCUT2D eigenvalue weighted by Gasteiger charge is 2.55. The quantitative estimate of drug-likeness (QED) is 0.0296. The Labute approximate surface area is 791 Å². The average Bonchev–Trinajstić information content (AvgIpc) is 1.52. The Hall–Kier alpha value is -7.09. The van der Waals surface area contributed by atoms with Crippen molar-refractivity contribution < 1.29 is 18.6 Å². The van der Waals surface area contributed by atoms with E-state index in [1.807, 2.05) is 0 Å². The van der Waals surface area contributed by atoms with Crippen LogP contribution in [0.25, 0.3) is 22.3 Å². The van der Waals surface area contributed by atoms with Gasteiger partial charge in [-0.25, -0.2) is 0 Å². The van der Waals surface area contributed by atoms with Gasteiger partial charge in [0.25, 0.3) is 0 Å². The molecule has 2 saturated heterocycles. The van der Waals surface area contributed by atoms with Crippen molar-refractivity contribution in [2.75, 3.05) is 9.80 Å². The molecule has 17 rings (SSSR count). The number of hydrogen-bond acceptors (Lipinski definition) is 6. The lowest BCUT2D eigenvalue weighted by Gasteiger charge is -2.36. The number of aryl methyl sites for hydroxylation is 8. The minimum atomic E-state index is -0.358. The van der Waals surface area contributed by atoms with Gasteiger partial charge in [0, 0.05) is 57.4 Å². The molecule has 0 amide bonds. The fraction of sp³-hybridized carbons (Fsp3) is 0.421. The highest BCUT2D eigenvalue weighted by molar-refractivity contribution is 9.11. The third-order valence-corrected chi connectivity index (χ3v) is 31.2. The van der Waals surface area contributed by atoms with E-state index >= 15 is 0 Å². The zero-order chi connectivity index (χ0) is 88.7. The Morgan fingerprint density at radius 3 is 0.913 bits per heavy atom. The maximum Gasteiger partial charge on any atom is 0.495 e. The molecule has 11 aromatic rings. The smallest absolute Gasteiger partial charge is 0.399 e. The summed E-state index contributed by atoms with van der Waals surface area (Å²) in [7, 11) is -0.698. The molecule has 4 aliphatic carbocycles. The highest BCUT2D eigenvalue weighted by atomic mass is 79.9. The van der Waals surface area contributed by atoms with Gasteiger partial charge in [-0.15, -0.1) is 0 Å². The fourth-order valence-electron chi connectivity index (χ4n) is 20.2. The van der Waals surface area contributed by atoms with Crippen LogP contribution >= 0.6 is 63.7 Å². The molecule has 0 radical (unpaired) electrons. The molecule has 0 N–H and O–H groups in total. The maximum absolute atomic E-state index is 6.56. The summed E-state index contributed by atoms with van der Waals surface area (Å²) in [5.41, 5.74) is 32.9. The maximum atomic E-state index is 6.56. The van der Waals surface area contributed by atoms with E-state index in [4.69, 9.17) is 18.6 Å². The number of fused-ring (bicyclic) bond motifs is 8. The predicted octanol–water partition coefficient (Wildman–Crippen LogP) is 32.8. The van der Waals surface area contributed by atoms with E-state index in [0.717, 1.165) is 54.9 Å². The Balaban J connectivity index is 0.000000156. The van der Waals surface area contributed by atoms with Gasteiger partial charge >= 0.3 is 14.2 Å². The predicted molar refractivity (Wildman–Crippen MR) is 550 cm³/mol. The fourth-order valence-corrected chi connectivity index (χ4v) is 21.5. The molecular formula is C114H134B2Br4N2O4. The Bertz CT molecular complexity index is 5120. The molecule has 2 heterocycles. The Kier molecular flexibility index (Phi) is 30.3. The van der Waals surface area contributed by atoms with Crippen LogP contribution in [0.5, 0.6) is 0 Å². The number of benzene rings is 11. The van der Waals surface area contributed by atoms with Gasteiger partial charge in [0.2, 0.25) is 0 Å². The van der Waals surface area contributed by atoms with Crippen molar-refractivity contribution in [3.05, 3.63) is 314 Å². The normalized spacial score (nSPS) is 16.2. The molecule has 0 unspecified atom stereocenters. The SMILES string of the molecule is Brc1ccc2c(c1)C(c1ccc3c(c1)CC3)(c1ccc3c(c1)CC3)c1cc(Br)ccc1-2.CCCCCCCCC1(CCCCCCCC)c2cc(N(c3ccc(C)cc3)c3ccc(Br)cc3)ccc2-c2ccc(N(c3ccc(C)cc3)c3ccc(Br)cc3)cc21.CCCCCCc1cc(B2OC(C)(C)C(C)(C)O2)c(CCCCCC)cc1B1OC(C)(C)C(C)(C)O1. The van der Waals surface area contributed by atoms with E-state index in [1.165, 1.54) is 288 Å². The average molecular weight is 1940 g/mol. The van der Waals surface area contributed by atoms with Gasteiger partial charge in [-0.1, -0.05) is 315 Å². The summed E-state index contributed by atoms with van der Waals surface area (Å²) in [5.74, 6) is 0. The van der Waals surface area contributed by atoms with Crippen molar-refractivity contribution in [2.45, 2.75) is 310 Å². The van der Waals surface area contributed by atoms with E-state index in [9.17, 15) is 0 Å². The standard InChI is InChI=1S/C55H62Br2N2.C30H52B2O4.C29H20Br2/c1-5-7-9-11-13-15-37-55(38-16-14-12-10-8-6-2)53-39-49(58(45-25-17-41(3)18-26-45)47-29-21-43(56)22-30-47)33-35-51(53)52-36-34-50(40-54(52)55)59(46-27-19-42(4)20-28-46)48-31-23-44(57)24-32-48;1-11-13-15-17-19-23-21-26(32-35-29(7,8)30(9,10)36-32)24(20-18-16-14-12-2)22-25(23)31-33-27(3,4)28(5,6)34-31;30-23-9-11-25-26-12-10-24(31)16-28(26)29(27(25)15-23,21-7-5-17-1-3-19(17)13-21)22-8-6-18-2-4-20(18)14-22/h17-36,39-40H,5-16,37-38H2,1-4H3;21-22H,11-20H2,1-10H3;5-16H,1-4H2. The van der Waals surface area contributed by atoms with Crippen LogP contribution in [-0.4, -0.2) is 36.6 Å². The van der Waals surface area contributed by atoms with Crippen molar-refractivity contribution in [1.29, 1.82) is 0 Å². The first kappa shape index (κ1) is 93.6. The summed E-state index contributed by atoms with van der Waals surface area (Å²) in [6, 6.07) is 83.2. The van der Waals surface area contributed by atoms with Crippen LogP contribution in [0.1, 0.15) is 302 Å². The van der Waals surface area contributed by atoms with Crippen LogP contribution < -0.4 is 20.7 Å². The monoisotopic (exact) mass is 1930 g/mol. The van der Waals surface area contributed by atoms with Crippen LogP contribution in [0.15, 0.2) is 236 Å². The van der Waals surface area contributed by atoms with Crippen molar-refractivity contribution in [3.63, 3.8) is 0 Å². The molecule has 12 heteroatoms. The van der Waals surface area contributed by atoms with E-state index in [1.54, 1.807) is 0 Å². The molecule has 0 saturated carbocycles. The molecule has 11 aromatic carbocycles. The molecule has 6 aliphatic rings. The van der Waals surface area contributed by atoms with Crippen LogP contribution in [0.3, 0.4) is 0 Å². The van der Waals surface area contributed by atoms with Gasteiger partial charge in [-0.05, 0) is 355 Å². The first-order valence-electron chi connectivity index (χ1n) is 48.0. The van der Waals surface area contributed by atoms with E-state index in [0.29, 0.717) is 0 Å². The minimum absolute atomic E-state index is 0.0937. The molecule has 0 bridgehead atoms. The molecular weight excluding hydrogens is 1800 g/mol. The van der Waals surface area contributed by atoms with Gasteiger partial charge in [0.15, 0.2) is 0 Å². The van der Waals surface area contributed by atoms with Crippen LogP contribution in [0.4, 0.5) is 34.1 Å². The Morgan fingerprint density at radius 1 is 0.286 bits per heavy atom.